The largest absolute Gasteiger partial charge is 1.00 e. The van der Waals surface area contributed by atoms with E-state index < -0.39 is 5.06 Å². The second-order valence-electron chi connectivity index (χ2n) is 4.44. The number of thioether (sulfide) groups is 1. The summed E-state index contributed by atoms with van der Waals surface area (Å²) in [6.45, 7) is 5.21. The Morgan fingerprint density at radius 1 is 1.37 bits per heavy atom. The van der Waals surface area contributed by atoms with Crippen molar-refractivity contribution >= 4 is 28.6 Å². The van der Waals surface area contributed by atoms with Gasteiger partial charge in [0.25, 0.3) is 0 Å². The van der Waals surface area contributed by atoms with Crippen LogP contribution in [0.25, 0.3) is 0 Å². The zero-order chi connectivity index (χ0) is 13.0. The Kier molecular flexibility index (Phi) is 6.51. The maximum Gasteiger partial charge on any atom is 0.401 e. The average Bonchev–Trinajstić information content (AvgIpc) is 2.68. The van der Waals surface area contributed by atoms with Crippen LogP contribution in [-0.2, 0) is 9.80 Å². The summed E-state index contributed by atoms with van der Waals surface area (Å²) in [6, 6.07) is 9.99. The highest BCUT2D eigenvalue weighted by molar-refractivity contribution is 8.14. The molecule has 0 saturated carbocycles. The highest BCUT2D eigenvalue weighted by Gasteiger charge is 2.49. The van der Waals surface area contributed by atoms with Crippen LogP contribution in [0.2, 0.25) is 0 Å². The molecule has 1 aromatic carbocycles. The van der Waals surface area contributed by atoms with Gasteiger partial charge in [0.05, 0.1) is 5.25 Å². The third-order valence-corrected chi connectivity index (χ3v) is 4.89. The molecule has 2 nitrogen and oxygen atoms in total. The van der Waals surface area contributed by atoms with Gasteiger partial charge in [0.15, 0.2) is 0 Å². The van der Waals surface area contributed by atoms with Crippen molar-refractivity contribution < 1.29 is 22.1 Å². The summed E-state index contributed by atoms with van der Waals surface area (Å²) < 4.78 is 5.93. The normalized spacial score (nSPS) is 27.9. The molecule has 1 fully saturated rings. The first kappa shape index (κ1) is 16.7. The van der Waals surface area contributed by atoms with E-state index >= 15 is 0 Å². The maximum absolute atomic E-state index is 6.65. The summed E-state index contributed by atoms with van der Waals surface area (Å²) in [7, 11) is 0. The van der Waals surface area contributed by atoms with Crippen molar-refractivity contribution in [3.8, 4) is 0 Å². The van der Waals surface area contributed by atoms with Crippen LogP contribution < -0.4 is 17.4 Å². The summed E-state index contributed by atoms with van der Waals surface area (Å²) in [4.78, 5) is 3.31. The Morgan fingerprint density at radius 3 is 2.68 bits per heavy atom. The fourth-order valence-electron chi connectivity index (χ4n) is 1.88. The van der Waals surface area contributed by atoms with E-state index in [4.69, 9.17) is 16.3 Å². The Hall–Kier alpha value is -0.380. The molecule has 2 rings (SSSR count). The van der Waals surface area contributed by atoms with Crippen LogP contribution in [0.5, 0.6) is 0 Å². The van der Waals surface area contributed by atoms with E-state index in [1.54, 1.807) is 11.8 Å². The quantitative estimate of drug-likeness (QED) is 0.596. The third-order valence-electron chi connectivity index (χ3n) is 3.02. The molecule has 1 heterocycles. The zero-order valence-electron chi connectivity index (χ0n) is 11.2. The molecule has 1 aromatic rings. The van der Waals surface area contributed by atoms with E-state index in [1.807, 2.05) is 30.3 Å². The lowest BCUT2D eigenvalue weighted by molar-refractivity contribution is -0.465. The van der Waals surface area contributed by atoms with Gasteiger partial charge in [0.1, 0.15) is 6.54 Å². The van der Waals surface area contributed by atoms with Gasteiger partial charge < -0.3 is 17.1 Å². The smallest absolute Gasteiger partial charge is 0.401 e. The predicted molar refractivity (Wildman–Crippen MR) is 77.9 cm³/mol. The van der Waals surface area contributed by atoms with E-state index in [0.717, 1.165) is 23.8 Å². The first-order chi connectivity index (χ1) is 8.66. The number of hydrogen-bond donors (Lipinski definition) is 1. The van der Waals surface area contributed by atoms with E-state index in [-0.39, 0.29) is 17.7 Å². The van der Waals surface area contributed by atoms with Gasteiger partial charge in [-0.2, -0.15) is 0 Å². The molecule has 106 valence electrons. The fraction of sp³-hybridized carbons (Fsp3) is 0.500. The van der Waals surface area contributed by atoms with Gasteiger partial charge in [-0.3, -0.25) is 0 Å². The van der Waals surface area contributed by atoms with Crippen LogP contribution in [-0.4, -0.2) is 17.0 Å². The van der Waals surface area contributed by atoms with Crippen LogP contribution in [0, 0.1) is 0 Å². The molecular formula is C14H19Cl2NOS. The molecule has 0 aliphatic carbocycles. The van der Waals surface area contributed by atoms with Gasteiger partial charge in [0.2, 0.25) is 5.06 Å². The SMILES string of the molecule is CCCC[NH+]=C1OC(Cl)(c2ccccc2)C(C)S1.[Cl-]. The lowest BCUT2D eigenvalue weighted by atomic mass is 10.1. The summed E-state index contributed by atoms with van der Waals surface area (Å²) in [5, 5.41) is 0.279. The molecule has 0 bridgehead atoms. The lowest BCUT2D eigenvalue weighted by Gasteiger charge is -2.23. The van der Waals surface area contributed by atoms with Crippen molar-refractivity contribution in [2.24, 2.45) is 0 Å². The van der Waals surface area contributed by atoms with Crippen molar-refractivity contribution in [2.45, 2.75) is 37.0 Å². The molecule has 2 atom stereocenters. The molecule has 5 heteroatoms. The molecule has 0 aromatic heterocycles. The second-order valence-corrected chi connectivity index (χ2v) is 6.32. The minimum Gasteiger partial charge on any atom is -1.00 e. The second kappa shape index (κ2) is 7.41. The molecule has 1 N–H and O–H groups in total. The Labute approximate surface area is 130 Å². The molecule has 1 aliphatic heterocycles. The fourth-order valence-corrected chi connectivity index (χ4v) is 3.29. The topological polar surface area (TPSA) is 23.2 Å². The standard InChI is InChI=1S/C14H18ClNOS.ClH/c1-3-4-10-16-13-17-14(15,11(2)18-13)12-8-6-5-7-9-12;/h5-9,11H,3-4,10H2,1-2H3;1H. The summed E-state index contributed by atoms with van der Waals surface area (Å²) in [5.41, 5.74) is 1.01. The van der Waals surface area contributed by atoms with Crippen molar-refractivity contribution in [1.82, 2.24) is 0 Å². The van der Waals surface area contributed by atoms with Crippen molar-refractivity contribution in [2.75, 3.05) is 6.54 Å². The van der Waals surface area contributed by atoms with Crippen molar-refractivity contribution in [3.63, 3.8) is 0 Å². The molecule has 0 radical (unpaired) electrons. The number of nitrogens with one attached hydrogen (secondary N) is 1. The number of benzene rings is 1. The number of rotatable bonds is 4. The number of halogens is 2. The minimum absolute atomic E-state index is 0. The zero-order valence-corrected chi connectivity index (χ0v) is 13.5. The maximum atomic E-state index is 6.65. The van der Waals surface area contributed by atoms with Gasteiger partial charge in [0, 0.05) is 12.0 Å². The molecule has 19 heavy (non-hydrogen) atoms. The van der Waals surface area contributed by atoms with Crippen LogP contribution in [0.1, 0.15) is 32.3 Å². The van der Waals surface area contributed by atoms with Gasteiger partial charge in [-0.1, -0.05) is 55.3 Å². The first-order valence-electron chi connectivity index (χ1n) is 6.37. The van der Waals surface area contributed by atoms with Crippen molar-refractivity contribution in [3.05, 3.63) is 35.9 Å². The van der Waals surface area contributed by atoms with E-state index in [9.17, 15) is 0 Å². The van der Waals surface area contributed by atoms with E-state index in [2.05, 4.69) is 18.8 Å². The molecule has 0 spiro atoms. The van der Waals surface area contributed by atoms with Gasteiger partial charge in [-0.15, -0.1) is 0 Å². The van der Waals surface area contributed by atoms with E-state index in [1.165, 1.54) is 6.42 Å². The summed E-state index contributed by atoms with van der Waals surface area (Å²) in [6.07, 6.45) is 2.31. The lowest BCUT2D eigenvalue weighted by Crippen LogP contribution is -3.00. The van der Waals surface area contributed by atoms with Crippen LogP contribution in [0.15, 0.2) is 30.3 Å². The van der Waals surface area contributed by atoms with E-state index in [0.29, 0.717) is 0 Å². The molecule has 2 unspecified atom stereocenters. The number of alkyl halides is 1. The molecular weight excluding hydrogens is 301 g/mol. The summed E-state index contributed by atoms with van der Waals surface area (Å²) >= 11 is 8.32. The van der Waals surface area contributed by atoms with Gasteiger partial charge in [-0.25, -0.2) is 4.99 Å². The van der Waals surface area contributed by atoms with Crippen LogP contribution in [0.3, 0.4) is 0 Å². The molecule has 0 amide bonds. The summed E-state index contributed by atoms with van der Waals surface area (Å²) in [5.74, 6) is 0. The first-order valence-corrected chi connectivity index (χ1v) is 7.63. The predicted octanol–water partition coefficient (Wildman–Crippen LogP) is -0.529. The average molecular weight is 320 g/mol. The Morgan fingerprint density at radius 2 is 2.05 bits per heavy atom. The molecule has 1 saturated heterocycles. The van der Waals surface area contributed by atoms with Gasteiger partial charge >= 0.3 is 5.23 Å². The van der Waals surface area contributed by atoms with Crippen molar-refractivity contribution in [1.29, 1.82) is 0 Å². The number of hydrogen-bond acceptors (Lipinski definition) is 2. The Bertz CT molecular complexity index is 427. The van der Waals surface area contributed by atoms with Crippen LogP contribution in [0.4, 0.5) is 0 Å². The monoisotopic (exact) mass is 319 g/mol. The highest BCUT2D eigenvalue weighted by Crippen LogP contribution is 2.46. The third kappa shape index (κ3) is 3.80. The number of ether oxygens (including phenoxy) is 1. The van der Waals surface area contributed by atoms with Gasteiger partial charge in [-0.05, 0) is 18.7 Å². The molecule has 1 aliphatic rings. The minimum atomic E-state index is -0.750. The van der Waals surface area contributed by atoms with Crippen LogP contribution >= 0.6 is 23.4 Å². The highest BCUT2D eigenvalue weighted by atomic mass is 35.5. The Balaban J connectivity index is 0.00000180. The number of unbranched alkanes of at least 4 members (excludes halogenated alkanes) is 1.